The van der Waals surface area contributed by atoms with E-state index in [-0.39, 0.29) is 12.4 Å². The molecule has 4 N–H and O–H groups in total. The van der Waals surface area contributed by atoms with Crippen molar-refractivity contribution < 1.29 is 5.11 Å². The summed E-state index contributed by atoms with van der Waals surface area (Å²) in [7, 11) is 0. The number of aromatic nitrogens is 1. The maximum absolute atomic E-state index is 9.41. The molecule has 0 unspecified atom stereocenters. The van der Waals surface area contributed by atoms with E-state index in [9.17, 15) is 5.11 Å². The fraction of sp³-hybridized carbons (Fsp3) is 0.625. The van der Waals surface area contributed by atoms with Gasteiger partial charge in [-0.05, 0) is 43.7 Å². The Morgan fingerprint density at radius 1 is 1.43 bits per heavy atom. The Morgan fingerprint density at radius 2 is 2.14 bits per heavy atom. The molecule has 2 rings (SSSR count). The average Bonchev–Trinajstić information content (AvgIpc) is 2.93. The predicted octanol–water partition coefficient (Wildman–Crippen LogP) is 1.84. The van der Waals surface area contributed by atoms with Crippen molar-refractivity contribution >= 4 is 11.7 Å². The molecule has 0 saturated carbocycles. The van der Waals surface area contributed by atoms with Crippen molar-refractivity contribution in [3.05, 3.63) is 22.9 Å². The first-order chi connectivity index (χ1) is 10.1. The minimum atomic E-state index is 0.0566. The number of aryl methyl sites for hydroxylation is 2. The summed E-state index contributed by atoms with van der Waals surface area (Å²) in [6.07, 6.45) is 5.09. The number of fused-ring (bicyclic) bond motifs is 1. The first kappa shape index (κ1) is 15.8. The molecule has 0 radical (unpaired) electrons. The Balaban J connectivity index is 2.49. The highest BCUT2D eigenvalue weighted by Crippen LogP contribution is 2.29. The Bertz CT molecular complexity index is 511. The van der Waals surface area contributed by atoms with Gasteiger partial charge in [-0.1, -0.05) is 13.8 Å². The van der Waals surface area contributed by atoms with Crippen molar-refractivity contribution in [2.45, 2.75) is 52.0 Å². The van der Waals surface area contributed by atoms with Crippen LogP contribution in [0.25, 0.3) is 0 Å². The van der Waals surface area contributed by atoms with Crippen molar-refractivity contribution in [1.82, 2.24) is 4.98 Å². The molecule has 1 heterocycles. The summed E-state index contributed by atoms with van der Waals surface area (Å²) < 4.78 is 0. The van der Waals surface area contributed by atoms with Crippen LogP contribution >= 0.6 is 0 Å². The minimum absolute atomic E-state index is 0.0566. The van der Waals surface area contributed by atoms with Gasteiger partial charge in [-0.15, -0.1) is 0 Å². The maximum Gasteiger partial charge on any atom is 0.140 e. The highest BCUT2D eigenvalue weighted by Gasteiger charge is 2.24. The van der Waals surface area contributed by atoms with Crippen LogP contribution in [0.2, 0.25) is 0 Å². The number of rotatable bonds is 7. The normalized spacial score (nSPS) is 13.5. The molecule has 5 heteroatoms. The number of aliphatic hydroxyl groups excluding tert-OH is 1. The fourth-order valence-corrected chi connectivity index (χ4v) is 3.18. The molecule has 0 aromatic carbocycles. The largest absolute Gasteiger partial charge is 0.395 e. The molecular weight excluding hydrogens is 264 g/mol. The quantitative estimate of drug-likeness (QED) is 0.528. The molecule has 1 aromatic rings. The predicted molar refractivity (Wildman–Crippen MR) is 86.1 cm³/mol. The van der Waals surface area contributed by atoms with Gasteiger partial charge in [-0.2, -0.15) is 0 Å². The number of nitrogen functional groups attached to an aromatic ring is 1. The molecule has 0 aliphatic heterocycles. The van der Waals surface area contributed by atoms with Crippen LogP contribution < -0.4 is 10.6 Å². The van der Waals surface area contributed by atoms with E-state index in [1.54, 1.807) is 0 Å². The van der Waals surface area contributed by atoms with Gasteiger partial charge in [0.2, 0.25) is 0 Å². The lowest BCUT2D eigenvalue weighted by Crippen LogP contribution is -2.39. The summed E-state index contributed by atoms with van der Waals surface area (Å²) in [5.41, 5.74) is 8.83. The topological polar surface area (TPSA) is 86.2 Å². The van der Waals surface area contributed by atoms with Crippen molar-refractivity contribution in [1.29, 1.82) is 5.41 Å². The van der Waals surface area contributed by atoms with Gasteiger partial charge < -0.3 is 15.7 Å². The lowest BCUT2D eigenvalue weighted by atomic mass is 10.1. The number of nitrogens with two attached hydrogens (primary N) is 1. The van der Waals surface area contributed by atoms with Crippen LogP contribution in [0.5, 0.6) is 0 Å². The van der Waals surface area contributed by atoms with E-state index in [1.165, 1.54) is 5.56 Å². The molecule has 1 aromatic heterocycles. The number of pyridine rings is 1. The Hall–Kier alpha value is -1.62. The second kappa shape index (κ2) is 6.89. The zero-order valence-electron chi connectivity index (χ0n) is 13.0. The molecule has 0 amide bonds. The summed E-state index contributed by atoms with van der Waals surface area (Å²) >= 11 is 0. The van der Waals surface area contributed by atoms with Crippen LogP contribution in [0.15, 0.2) is 6.07 Å². The number of nitrogens with one attached hydrogen (secondary N) is 1. The zero-order valence-corrected chi connectivity index (χ0v) is 13.0. The highest BCUT2D eigenvalue weighted by molar-refractivity contribution is 6.00. The molecule has 1 aliphatic rings. The number of hydrogen-bond acceptors (Lipinski definition) is 4. The van der Waals surface area contributed by atoms with Crippen molar-refractivity contribution in [3.8, 4) is 0 Å². The maximum atomic E-state index is 9.41. The lowest BCUT2D eigenvalue weighted by molar-refractivity contribution is 0.295. The standard InChI is InChI=1S/C16H26N4O/c1-3-12(4-2)20(8-9-21)16-13(15(17)18)10-11-6-5-7-14(11)19-16/h10,12,21H,3-9H2,1-2H3,(H3,17,18). The molecule has 1 aliphatic carbocycles. The van der Waals surface area contributed by atoms with E-state index in [0.717, 1.165) is 43.6 Å². The third-order valence-electron chi connectivity index (χ3n) is 4.32. The van der Waals surface area contributed by atoms with Crippen molar-refractivity contribution in [2.75, 3.05) is 18.1 Å². The molecule has 5 nitrogen and oxygen atoms in total. The average molecular weight is 290 g/mol. The molecule has 116 valence electrons. The fourth-order valence-electron chi connectivity index (χ4n) is 3.18. The summed E-state index contributed by atoms with van der Waals surface area (Å²) in [5.74, 6) is 0.826. The van der Waals surface area contributed by atoms with Gasteiger partial charge in [0.25, 0.3) is 0 Å². The van der Waals surface area contributed by atoms with Gasteiger partial charge in [0.15, 0.2) is 0 Å². The summed E-state index contributed by atoms with van der Waals surface area (Å²) in [6, 6.07) is 2.34. The van der Waals surface area contributed by atoms with E-state index >= 15 is 0 Å². The smallest absolute Gasteiger partial charge is 0.140 e. The van der Waals surface area contributed by atoms with E-state index in [4.69, 9.17) is 16.1 Å². The van der Waals surface area contributed by atoms with E-state index in [2.05, 4.69) is 18.7 Å². The van der Waals surface area contributed by atoms with E-state index < -0.39 is 0 Å². The van der Waals surface area contributed by atoms with Gasteiger partial charge in [-0.25, -0.2) is 4.98 Å². The first-order valence-corrected chi connectivity index (χ1v) is 7.87. The molecule has 21 heavy (non-hydrogen) atoms. The van der Waals surface area contributed by atoms with Crippen molar-refractivity contribution in [3.63, 3.8) is 0 Å². The Morgan fingerprint density at radius 3 is 2.71 bits per heavy atom. The number of amidine groups is 1. The van der Waals surface area contributed by atoms with E-state index in [0.29, 0.717) is 18.2 Å². The van der Waals surface area contributed by atoms with Gasteiger partial charge in [0.1, 0.15) is 11.7 Å². The van der Waals surface area contributed by atoms with Crippen LogP contribution in [-0.4, -0.2) is 35.1 Å². The molecule has 0 saturated heterocycles. The van der Waals surface area contributed by atoms with Crippen LogP contribution in [-0.2, 0) is 12.8 Å². The third kappa shape index (κ3) is 3.18. The second-order valence-corrected chi connectivity index (χ2v) is 5.62. The molecule has 0 spiro atoms. The first-order valence-electron chi connectivity index (χ1n) is 7.87. The molecular formula is C16H26N4O. The van der Waals surface area contributed by atoms with E-state index in [1.807, 2.05) is 6.07 Å². The Labute approximate surface area is 126 Å². The Kier molecular flexibility index (Phi) is 5.17. The van der Waals surface area contributed by atoms with Crippen LogP contribution in [0, 0.1) is 5.41 Å². The molecule has 0 fully saturated rings. The van der Waals surface area contributed by atoms with Crippen LogP contribution in [0.3, 0.4) is 0 Å². The lowest BCUT2D eigenvalue weighted by Gasteiger charge is -2.32. The number of anilines is 1. The zero-order chi connectivity index (χ0) is 15.4. The van der Waals surface area contributed by atoms with Crippen LogP contribution in [0.1, 0.15) is 49.9 Å². The molecule has 0 atom stereocenters. The SMILES string of the molecule is CCC(CC)N(CCO)c1nc2c(cc1C(=N)N)CCC2. The number of hydrogen-bond donors (Lipinski definition) is 3. The number of aliphatic hydroxyl groups is 1. The summed E-state index contributed by atoms with van der Waals surface area (Å²) in [5, 5.41) is 17.3. The second-order valence-electron chi connectivity index (χ2n) is 5.62. The van der Waals surface area contributed by atoms with Crippen LogP contribution in [0.4, 0.5) is 5.82 Å². The monoisotopic (exact) mass is 290 g/mol. The van der Waals surface area contributed by atoms with Gasteiger partial charge >= 0.3 is 0 Å². The molecule has 0 bridgehead atoms. The minimum Gasteiger partial charge on any atom is -0.395 e. The van der Waals surface area contributed by atoms with Gasteiger partial charge in [0, 0.05) is 18.3 Å². The van der Waals surface area contributed by atoms with Gasteiger partial charge in [0.05, 0.1) is 12.2 Å². The summed E-state index contributed by atoms with van der Waals surface area (Å²) in [4.78, 5) is 6.92. The van der Waals surface area contributed by atoms with Crippen molar-refractivity contribution in [2.24, 2.45) is 5.73 Å². The van der Waals surface area contributed by atoms with Gasteiger partial charge in [-0.3, -0.25) is 5.41 Å². The number of nitrogens with zero attached hydrogens (tertiary/aromatic N) is 2. The highest BCUT2D eigenvalue weighted by atomic mass is 16.3. The summed E-state index contributed by atoms with van der Waals surface area (Å²) in [6.45, 7) is 4.88. The third-order valence-corrected chi connectivity index (χ3v) is 4.32.